The van der Waals surface area contributed by atoms with Crippen molar-refractivity contribution in [1.82, 2.24) is 9.55 Å². The predicted molar refractivity (Wildman–Crippen MR) is 103 cm³/mol. The average Bonchev–Trinajstić information content (AvgIpc) is 2.97. The van der Waals surface area contributed by atoms with Gasteiger partial charge in [0.2, 0.25) is 0 Å². The van der Waals surface area contributed by atoms with Crippen molar-refractivity contribution in [2.45, 2.75) is 20.0 Å². The van der Waals surface area contributed by atoms with Gasteiger partial charge in [-0.2, -0.15) is 0 Å². The number of hydrogen-bond acceptors (Lipinski definition) is 6. The number of amides is 2. The third kappa shape index (κ3) is 2.85. The molecule has 1 aliphatic heterocycles. The molecule has 1 aromatic carbocycles. The third-order valence-electron chi connectivity index (χ3n) is 4.39. The minimum atomic E-state index is -0.561. The van der Waals surface area contributed by atoms with E-state index in [2.05, 4.69) is 15.6 Å². The van der Waals surface area contributed by atoms with Crippen LogP contribution < -0.4 is 20.9 Å². The Labute approximate surface area is 157 Å². The first kappa shape index (κ1) is 17.2. The van der Waals surface area contributed by atoms with Crippen molar-refractivity contribution in [3.63, 3.8) is 0 Å². The molecule has 4 rings (SSSR count). The number of anilines is 2. The van der Waals surface area contributed by atoms with Crippen LogP contribution in [0.25, 0.3) is 10.2 Å². The molecule has 8 nitrogen and oxygen atoms in total. The first-order chi connectivity index (χ1) is 12.8. The fourth-order valence-corrected chi connectivity index (χ4v) is 3.93. The Kier molecular flexibility index (Phi) is 3.96. The summed E-state index contributed by atoms with van der Waals surface area (Å²) in [7, 11) is 1.62. The lowest BCUT2D eigenvalue weighted by Crippen LogP contribution is -2.34. The summed E-state index contributed by atoms with van der Waals surface area (Å²) in [5.41, 5.74) is 1.43. The van der Waals surface area contributed by atoms with Gasteiger partial charge in [-0.15, -0.1) is 11.3 Å². The van der Waals surface area contributed by atoms with Crippen molar-refractivity contribution in [2.24, 2.45) is 7.05 Å². The van der Waals surface area contributed by atoms with Crippen LogP contribution in [0.4, 0.5) is 11.4 Å². The number of benzene rings is 1. The number of nitrogens with zero attached hydrogens (tertiary/aromatic N) is 2. The molecular weight excluding hydrogens is 368 g/mol. The molecule has 0 radical (unpaired) electrons. The lowest BCUT2D eigenvalue weighted by molar-refractivity contribution is -0.122. The van der Waals surface area contributed by atoms with Gasteiger partial charge in [0.1, 0.15) is 10.6 Å². The van der Waals surface area contributed by atoms with E-state index in [9.17, 15) is 14.4 Å². The van der Waals surface area contributed by atoms with E-state index < -0.39 is 6.10 Å². The van der Waals surface area contributed by atoms with Crippen LogP contribution in [0.2, 0.25) is 0 Å². The van der Waals surface area contributed by atoms with Crippen molar-refractivity contribution < 1.29 is 14.3 Å². The van der Waals surface area contributed by atoms with E-state index >= 15 is 0 Å². The molecule has 0 spiro atoms. The van der Waals surface area contributed by atoms with Gasteiger partial charge in [-0.05, 0) is 37.6 Å². The van der Waals surface area contributed by atoms with Crippen molar-refractivity contribution >= 4 is 44.7 Å². The number of fused-ring (bicyclic) bond motifs is 2. The van der Waals surface area contributed by atoms with Crippen LogP contribution in [0.3, 0.4) is 0 Å². The van der Waals surface area contributed by atoms with Crippen LogP contribution in [-0.2, 0) is 11.8 Å². The van der Waals surface area contributed by atoms with Crippen LogP contribution in [-0.4, -0.2) is 27.5 Å². The number of aryl methyl sites for hydroxylation is 2. The molecule has 27 heavy (non-hydrogen) atoms. The van der Waals surface area contributed by atoms with E-state index in [-0.39, 0.29) is 17.4 Å². The molecule has 0 unspecified atom stereocenters. The molecule has 0 aliphatic carbocycles. The maximum absolute atomic E-state index is 12.7. The fraction of sp³-hybridized carbons (Fsp3) is 0.222. The molecule has 138 valence electrons. The van der Waals surface area contributed by atoms with Gasteiger partial charge in [-0.1, -0.05) is 0 Å². The maximum atomic E-state index is 12.7. The molecule has 2 aromatic heterocycles. The van der Waals surface area contributed by atoms with Gasteiger partial charge in [0, 0.05) is 12.7 Å². The lowest BCUT2D eigenvalue weighted by Gasteiger charge is -2.23. The van der Waals surface area contributed by atoms with Gasteiger partial charge >= 0.3 is 0 Å². The monoisotopic (exact) mass is 384 g/mol. The first-order valence-electron chi connectivity index (χ1n) is 8.23. The van der Waals surface area contributed by atoms with E-state index in [1.165, 1.54) is 22.2 Å². The molecule has 2 amide bonds. The van der Waals surface area contributed by atoms with Crippen LogP contribution in [0.15, 0.2) is 29.3 Å². The zero-order chi connectivity index (χ0) is 19.3. The Morgan fingerprint density at radius 3 is 2.93 bits per heavy atom. The topological polar surface area (TPSA) is 102 Å². The Balaban J connectivity index is 1.66. The Bertz CT molecular complexity index is 1160. The van der Waals surface area contributed by atoms with Crippen molar-refractivity contribution in [3.05, 3.63) is 45.3 Å². The highest BCUT2D eigenvalue weighted by Crippen LogP contribution is 2.33. The summed E-state index contributed by atoms with van der Waals surface area (Å²) in [4.78, 5) is 42.0. The Hall–Kier alpha value is -3.20. The molecule has 3 aromatic rings. The molecule has 1 aliphatic rings. The van der Waals surface area contributed by atoms with Gasteiger partial charge in [0.25, 0.3) is 17.4 Å². The van der Waals surface area contributed by atoms with Crippen LogP contribution >= 0.6 is 11.3 Å². The smallest absolute Gasteiger partial charge is 0.266 e. The van der Waals surface area contributed by atoms with Crippen molar-refractivity contribution in [1.29, 1.82) is 0 Å². The van der Waals surface area contributed by atoms with Crippen LogP contribution in [0.5, 0.6) is 5.75 Å². The van der Waals surface area contributed by atoms with E-state index in [4.69, 9.17) is 4.74 Å². The highest BCUT2D eigenvalue weighted by Gasteiger charge is 2.24. The lowest BCUT2D eigenvalue weighted by atomic mass is 10.2. The Morgan fingerprint density at radius 1 is 1.37 bits per heavy atom. The highest BCUT2D eigenvalue weighted by atomic mass is 32.1. The van der Waals surface area contributed by atoms with Crippen molar-refractivity contribution in [3.8, 4) is 5.75 Å². The molecule has 9 heteroatoms. The predicted octanol–water partition coefficient (Wildman–Crippen LogP) is 2.28. The first-order valence-corrected chi connectivity index (χ1v) is 9.04. The number of hydrogen-bond donors (Lipinski definition) is 2. The number of ether oxygens (including phenoxy) is 1. The van der Waals surface area contributed by atoms with Gasteiger partial charge in [-0.25, -0.2) is 4.98 Å². The van der Waals surface area contributed by atoms with Crippen LogP contribution in [0, 0.1) is 6.92 Å². The number of thiophene rings is 1. The Morgan fingerprint density at radius 2 is 2.15 bits per heavy atom. The van der Waals surface area contributed by atoms with E-state index in [1.807, 2.05) is 0 Å². The molecule has 2 N–H and O–H groups in total. The zero-order valence-electron chi connectivity index (χ0n) is 14.8. The van der Waals surface area contributed by atoms with Gasteiger partial charge < -0.3 is 19.9 Å². The summed E-state index contributed by atoms with van der Waals surface area (Å²) in [5.74, 6) is -0.0342. The number of nitrogens with one attached hydrogen (secondary N) is 2. The molecule has 0 saturated carbocycles. The number of aromatic nitrogens is 2. The second kappa shape index (κ2) is 6.20. The zero-order valence-corrected chi connectivity index (χ0v) is 15.6. The quantitative estimate of drug-likeness (QED) is 0.706. The van der Waals surface area contributed by atoms with Gasteiger partial charge in [0.15, 0.2) is 6.10 Å². The fourth-order valence-electron chi connectivity index (χ4n) is 2.90. The van der Waals surface area contributed by atoms with Gasteiger partial charge in [-0.3, -0.25) is 14.4 Å². The standard InChI is InChI=1S/C18H16N4O4S/c1-8-13-17(19-7-22(3)18(13)25)27-14(8)16(24)20-10-4-5-12-11(6-10)21-15(23)9(2)26-12/h4-7,9H,1-3H3,(H,20,24)(H,21,23)/t9-/m0/s1. The SMILES string of the molecule is Cc1c(C(=O)Nc2ccc3c(c2)NC(=O)[C@H](C)O3)sc2ncn(C)c(=O)c12. The summed E-state index contributed by atoms with van der Waals surface area (Å²) in [6, 6.07) is 5.02. The van der Waals surface area contributed by atoms with E-state index in [0.717, 1.165) is 0 Å². The molecule has 0 bridgehead atoms. The van der Waals surface area contributed by atoms with E-state index in [1.54, 1.807) is 39.1 Å². The van der Waals surface area contributed by atoms with Crippen LogP contribution in [0.1, 0.15) is 22.2 Å². The highest BCUT2D eigenvalue weighted by molar-refractivity contribution is 7.20. The summed E-state index contributed by atoms with van der Waals surface area (Å²) in [5, 5.41) is 6.00. The summed E-state index contributed by atoms with van der Waals surface area (Å²) in [6.07, 6.45) is 0.879. The van der Waals surface area contributed by atoms with E-state index in [0.29, 0.717) is 37.8 Å². The molecule has 0 fully saturated rings. The maximum Gasteiger partial charge on any atom is 0.266 e. The second-order valence-corrected chi connectivity index (χ2v) is 7.31. The number of carbonyl (C=O) groups is 2. The van der Waals surface area contributed by atoms with Crippen molar-refractivity contribution in [2.75, 3.05) is 10.6 Å². The minimum Gasteiger partial charge on any atom is -0.479 e. The number of rotatable bonds is 2. The molecule has 3 heterocycles. The number of carbonyl (C=O) groups excluding carboxylic acids is 2. The largest absolute Gasteiger partial charge is 0.479 e. The summed E-state index contributed by atoms with van der Waals surface area (Å²) in [6.45, 7) is 3.40. The average molecular weight is 384 g/mol. The molecule has 1 atom stereocenters. The molecule has 0 saturated heterocycles. The third-order valence-corrected chi connectivity index (χ3v) is 5.58. The van der Waals surface area contributed by atoms with Gasteiger partial charge in [0.05, 0.1) is 22.3 Å². The second-order valence-electron chi connectivity index (χ2n) is 6.31. The summed E-state index contributed by atoms with van der Waals surface area (Å²) < 4.78 is 6.89. The summed E-state index contributed by atoms with van der Waals surface area (Å²) >= 11 is 1.17. The normalized spacial score (nSPS) is 15.8. The molecular formula is C18H16N4O4S. The minimum absolute atomic E-state index is 0.185.